The zero-order chi connectivity index (χ0) is 19.4. The second kappa shape index (κ2) is 11.6. The zero-order valence-electron chi connectivity index (χ0n) is 15.9. The predicted molar refractivity (Wildman–Crippen MR) is 119 cm³/mol. The standard InChI is InChI=1S/C20H23ClFN3O2.2ClH/c1-13-12-25(9-10-27-13)18(19-15(21)6-4-7-16(19)22)11-24-20(26)14-5-2-3-8-17(14)23;;/h2-8,13,18H,9-12,23H2,1H3,(H,24,26);2*1H. The Balaban J connectivity index is 0.00000210. The van der Waals surface area contributed by atoms with Crippen LogP contribution in [0.15, 0.2) is 42.5 Å². The molecule has 2 unspecified atom stereocenters. The number of nitrogens with two attached hydrogens (primary N) is 1. The van der Waals surface area contributed by atoms with E-state index < -0.39 is 6.04 Å². The maximum absolute atomic E-state index is 14.6. The van der Waals surface area contributed by atoms with Crippen LogP contribution in [0.4, 0.5) is 10.1 Å². The smallest absolute Gasteiger partial charge is 0.253 e. The number of nitrogens with one attached hydrogen (secondary N) is 1. The molecule has 2 aromatic rings. The minimum Gasteiger partial charge on any atom is -0.398 e. The van der Waals surface area contributed by atoms with Gasteiger partial charge in [-0.3, -0.25) is 9.69 Å². The third-order valence-electron chi connectivity index (χ3n) is 4.71. The molecule has 1 aliphatic heterocycles. The summed E-state index contributed by atoms with van der Waals surface area (Å²) in [6.07, 6.45) is 0.0206. The average Bonchev–Trinajstić information content (AvgIpc) is 2.64. The Morgan fingerprint density at radius 2 is 2.03 bits per heavy atom. The second-order valence-electron chi connectivity index (χ2n) is 6.62. The number of ether oxygens (including phenoxy) is 1. The lowest BCUT2D eigenvalue weighted by Gasteiger charge is -2.38. The first kappa shape index (κ1) is 25.5. The van der Waals surface area contributed by atoms with Gasteiger partial charge in [-0.15, -0.1) is 24.8 Å². The van der Waals surface area contributed by atoms with E-state index in [9.17, 15) is 9.18 Å². The van der Waals surface area contributed by atoms with Crippen LogP contribution in [0.3, 0.4) is 0 Å². The monoisotopic (exact) mass is 463 g/mol. The lowest BCUT2D eigenvalue weighted by Crippen LogP contribution is -2.47. The predicted octanol–water partition coefficient (Wildman–Crippen LogP) is 4.10. The first-order valence-corrected chi connectivity index (χ1v) is 9.27. The number of carbonyl (C=O) groups is 1. The number of nitrogens with zero attached hydrogens (tertiary/aromatic N) is 1. The number of anilines is 1. The zero-order valence-corrected chi connectivity index (χ0v) is 18.3. The topological polar surface area (TPSA) is 67.6 Å². The molecular weight excluding hydrogens is 440 g/mol. The van der Waals surface area contributed by atoms with Crippen molar-refractivity contribution >= 4 is 48.0 Å². The fourth-order valence-corrected chi connectivity index (χ4v) is 3.65. The van der Waals surface area contributed by atoms with Gasteiger partial charge in [0.25, 0.3) is 5.91 Å². The summed E-state index contributed by atoms with van der Waals surface area (Å²) in [5.41, 5.74) is 7.06. The first-order valence-electron chi connectivity index (χ1n) is 8.89. The summed E-state index contributed by atoms with van der Waals surface area (Å²) in [6.45, 7) is 3.97. The van der Waals surface area contributed by atoms with E-state index >= 15 is 0 Å². The Hall–Kier alpha value is -1.57. The molecule has 0 radical (unpaired) electrons. The van der Waals surface area contributed by atoms with Gasteiger partial charge in [0.05, 0.1) is 24.3 Å². The molecule has 0 spiro atoms. The van der Waals surface area contributed by atoms with Crippen molar-refractivity contribution in [3.05, 3.63) is 64.4 Å². The lowest BCUT2D eigenvalue weighted by molar-refractivity contribution is -0.0346. The molecule has 5 nitrogen and oxygen atoms in total. The van der Waals surface area contributed by atoms with Crippen LogP contribution in [-0.4, -0.2) is 43.2 Å². The van der Waals surface area contributed by atoms with Crippen LogP contribution >= 0.6 is 36.4 Å². The number of hydrogen-bond donors (Lipinski definition) is 2. The Morgan fingerprint density at radius 1 is 1.31 bits per heavy atom. The Morgan fingerprint density at radius 3 is 2.69 bits per heavy atom. The number of nitrogen functional groups attached to an aromatic ring is 1. The van der Waals surface area contributed by atoms with Crippen LogP contribution in [0.1, 0.15) is 28.9 Å². The van der Waals surface area contributed by atoms with Crippen molar-refractivity contribution in [1.82, 2.24) is 10.2 Å². The van der Waals surface area contributed by atoms with Crippen LogP contribution in [0, 0.1) is 5.82 Å². The third-order valence-corrected chi connectivity index (χ3v) is 5.04. The van der Waals surface area contributed by atoms with E-state index in [0.717, 1.165) is 0 Å². The Labute approximate surface area is 187 Å². The first-order chi connectivity index (χ1) is 13.0. The van der Waals surface area contributed by atoms with Gasteiger partial charge in [-0.25, -0.2) is 4.39 Å². The van der Waals surface area contributed by atoms with Gasteiger partial charge in [-0.05, 0) is 31.2 Å². The Bertz CT molecular complexity index is 805. The number of benzene rings is 2. The molecule has 0 bridgehead atoms. The molecule has 1 saturated heterocycles. The van der Waals surface area contributed by atoms with Crippen LogP contribution in [0.2, 0.25) is 5.02 Å². The van der Waals surface area contributed by atoms with Crippen molar-refractivity contribution in [3.8, 4) is 0 Å². The summed E-state index contributed by atoms with van der Waals surface area (Å²) in [6, 6.07) is 11.1. The largest absolute Gasteiger partial charge is 0.398 e. The van der Waals surface area contributed by atoms with Crippen molar-refractivity contribution in [3.63, 3.8) is 0 Å². The molecule has 3 rings (SSSR count). The van der Waals surface area contributed by atoms with Gasteiger partial charge < -0.3 is 15.8 Å². The van der Waals surface area contributed by atoms with E-state index in [1.807, 2.05) is 6.92 Å². The van der Waals surface area contributed by atoms with Crippen molar-refractivity contribution in [1.29, 1.82) is 0 Å². The van der Waals surface area contributed by atoms with Crippen molar-refractivity contribution in [2.24, 2.45) is 0 Å². The number of para-hydroxylation sites is 1. The molecule has 2 aromatic carbocycles. The van der Waals surface area contributed by atoms with E-state index in [2.05, 4.69) is 10.2 Å². The Kier molecular flexibility index (Phi) is 10.2. The molecule has 9 heteroatoms. The van der Waals surface area contributed by atoms with Gasteiger partial charge in [0, 0.05) is 35.9 Å². The highest BCUT2D eigenvalue weighted by Crippen LogP contribution is 2.31. The van der Waals surface area contributed by atoms with Gasteiger partial charge in [-0.1, -0.05) is 29.8 Å². The fourth-order valence-electron chi connectivity index (χ4n) is 3.36. The summed E-state index contributed by atoms with van der Waals surface area (Å²) < 4.78 is 20.2. The van der Waals surface area contributed by atoms with E-state index in [-0.39, 0.29) is 49.2 Å². The molecule has 1 amide bonds. The number of hydrogen-bond acceptors (Lipinski definition) is 4. The molecule has 160 valence electrons. The number of rotatable bonds is 5. The minimum atomic E-state index is -0.404. The second-order valence-corrected chi connectivity index (χ2v) is 7.03. The fraction of sp³-hybridized carbons (Fsp3) is 0.350. The van der Waals surface area contributed by atoms with Crippen LogP contribution in [0.25, 0.3) is 0 Å². The number of amides is 1. The van der Waals surface area contributed by atoms with Gasteiger partial charge in [0.1, 0.15) is 5.82 Å². The molecule has 0 aliphatic carbocycles. The SMILES string of the molecule is CC1CN(C(CNC(=O)c2ccccc2N)c2c(F)cccc2Cl)CCO1.Cl.Cl. The molecule has 1 fully saturated rings. The van der Waals surface area contributed by atoms with Crippen LogP contribution in [0.5, 0.6) is 0 Å². The van der Waals surface area contributed by atoms with Crippen molar-refractivity contribution in [2.45, 2.75) is 19.1 Å². The normalized spacial score (nSPS) is 17.6. The molecule has 2 atom stereocenters. The van der Waals surface area contributed by atoms with Gasteiger partial charge in [0.15, 0.2) is 0 Å². The molecule has 3 N–H and O–H groups in total. The highest BCUT2D eigenvalue weighted by atomic mass is 35.5. The molecule has 1 aliphatic rings. The molecular formula is C20H25Cl3FN3O2. The highest BCUT2D eigenvalue weighted by Gasteiger charge is 2.29. The number of halogens is 4. The summed E-state index contributed by atoms with van der Waals surface area (Å²) in [5, 5.41) is 3.22. The number of carbonyl (C=O) groups excluding carboxylic acids is 1. The van der Waals surface area contributed by atoms with E-state index in [0.29, 0.717) is 41.5 Å². The molecule has 1 heterocycles. The lowest BCUT2D eigenvalue weighted by atomic mass is 10.0. The highest BCUT2D eigenvalue weighted by molar-refractivity contribution is 6.31. The van der Waals surface area contributed by atoms with Crippen molar-refractivity contribution < 1.29 is 13.9 Å². The van der Waals surface area contributed by atoms with Crippen LogP contribution < -0.4 is 11.1 Å². The van der Waals surface area contributed by atoms with E-state index in [1.54, 1.807) is 36.4 Å². The van der Waals surface area contributed by atoms with E-state index in [4.69, 9.17) is 22.1 Å². The molecule has 29 heavy (non-hydrogen) atoms. The van der Waals surface area contributed by atoms with Crippen LogP contribution in [-0.2, 0) is 4.74 Å². The maximum Gasteiger partial charge on any atom is 0.253 e. The van der Waals surface area contributed by atoms with E-state index in [1.165, 1.54) is 6.07 Å². The molecule has 0 aromatic heterocycles. The van der Waals surface area contributed by atoms with Crippen molar-refractivity contribution in [2.75, 3.05) is 32.0 Å². The van der Waals surface area contributed by atoms with Gasteiger partial charge in [-0.2, -0.15) is 0 Å². The summed E-state index contributed by atoms with van der Waals surface area (Å²) in [5.74, 6) is -0.688. The summed E-state index contributed by atoms with van der Waals surface area (Å²) >= 11 is 6.31. The minimum absolute atomic E-state index is 0. The van der Waals surface area contributed by atoms with Gasteiger partial charge >= 0.3 is 0 Å². The quantitative estimate of drug-likeness (QED) is 0.654. The number of morpholine rings is 1. The summed E-state index contributed by atoms with van der Waals surface area (Å²) in [7, 11) is 0. The van der Waals surface area contributed by atoms with Gasteiger partial charge in [0.2, 0.25) is 0 Å². The average molecular weight is 465 g/mol. The third kappa shape index (κ3) is 6.20. The molecule has 0 saturated carbocycles. The summed E-state index contributed by atoms with van der Waals surface area (Å²) in [4.78, 5) is 14.6. The maximum atomic E-state index is 14.6.